The maximum absolute atomic E-state index is 5.77. The summed E-state index contributed by atoms with van der Waals surface area (Å²) in [6, 6.07) is 3.88. The Balaban J connectivity index is 2.71. The molecule has 1 aromatic heterocycles. The molecule has 0 aliphatic rings. The summed E-state index contributed by atoms with van der Waals surface area (Å²) in [7, 11) is 0. The third-order valence-electron chi connectivity index (χ3n) is 3.35. The molecule has 108 valence electrons. The fraction of sp³-hybridized carbons (Fsp3) is 0.688. The zero-order valence-corrected chi connectivity index (χ0v) is 13.1. The molecule has 0 atom stereocenters. The van der Waals surface area contributed by atoms with Crippen molar-refractivity contribution in [1.82, 2.24) is 4.98 Å². The minimum absolute atomic E-state index is 0.163. The van der Waals surface area contributed by atoms with Gasteiger partial charge in [-0.05, 0) is 43.7 Å². The summed E-state index contributed by atoms with van der Waals surface area (Å²) in [6.07, 6.45) is 1.96. The molecular weight excluding hydrogens is 236 g/mol. The second kappa shape index (κ2) is 7.37. The number of anilines is 1. The maximum Gasteiger partial charge on any atom is 0.168 e. The largest absolute Gasteiger partial charge is 0.487 e. The third-order valence-corrected chi connectivity index (χ3v) is 3.35. The second-order valence-electron chi connectivity index (χ2n) is 6.05. The van der Waals surface area contributed by atoms with Crippen molar-refractivity contribution in [3.63, 3.8) is 0 Å². The third kappa shape index (κ3) is 5.09. The Morgan fingerprint density at radius 3 is 2.26 bits per heavy atom. The summed E-state index contributed by atoms with van der Waals surface area (Å²) in [4.78, 5) is 4.39. The summed E-state index contributed by atoms with van der Waals surface area (Å²) in [5, 5.41) is 3.45. The van der Waals surface area contributed by atoms with Crippen molar-refractivity contribution in [1.29, 1.82) is 0 Å². The number of nitrogens with zero attached hydrogens (tertiary/aromatic N) is 1. The smallest absolute Gasteiger partial charge is 0.168 e. The molecule has 3 heteroatoms. The van der Waals surface area contributed by atoms with Crippen LogP contribution in [-0.4, -0.2) is 17.6 Å². The van der Waals surface area contributed by atoms with Crippen molar-refractivity contribution >= 4 is 5.82 Å². The van der Waals surface area contributed by atoms with Gasteiger partial charge in [0.1, 0.15) is 0 Å². The molecule has 1 heterocycles. The molecule has 3 nitrogen and oxygen atoms in total. The zero-order chi connectivity index (χ0) is 14.4. The molecule has 0 spiro atoms. The first kappa shape index (κ1) is 15.8. The molecule has 0 amide bonds. The summed E-state index contributed by atoms with van der Waals surface area (Å²) in [5.41, 5.74) is 0. The molecular formula is C16H28N2O. The monoisotopic (exact) mass is 264 g/mol. The van der Waals surface area contributed by atoms with E-state index in [2.05, 4.69) is 38.0 Å². The average molecular weight is 264 g/mol. The number of rotatable bonds is 7. The van der Waals surface area contributed by atoms with Gasteiger partial charge in [0.2, 0.25) is 0 Å². The quantitative estimate of drug-likeness (QED) is 0.801. The molecule has 1 rings (SSSR count). The van der Waals surface area contributed by atoms with Gasteiger partial charge >= 0.3 is 0 Å². The van der Waals surface area contributed by atoms with E-state index in [9.17, 15) is 0 Å². The van der Waals surface area contributed by atoms with E-state index in [4.69, 9.17) is 4.74 Å². The maximum atomic E-state index is 5.77. The summed E-state index contributed by atoms with van der Waals surface area (Å²) >= 11 is 0. The van der Waals surface area contributed by atoms with Crippen molar-refractivity contribution < 1.29 is 4.74 Å². The van der Waals surface area contributed by atoms with Crippen LogP contribution in [0.2, 0.25) is 0 Å². The van der Waals surface area contributed by atoms with E-state index in [1.165, 1.54) is 0 Å². The van der Waals surface area contributed by atoms with Crippen LogP contribution >= 0.6 is 0 Å². The lowest BCUT2D eigenvalue weighted by molar-refractivity contribution is 0.242. The Morgan fingerprint density at radius 1 is 1.11 bits per heavy atom. The lowest BCUT2D eigenvalue weighted by Gasteiger charge is -2.25. The van der Waals surface area contributed by atoms with Gasteiger partial charge in [0, 0.05) is 12.7 Å². The van der Waals surface area contributed by atoms with E-state index in [1.54, 1.807) is 6.20 Å². The standard InChI is InChI=1S/C16H28N2O/c1-11(2)14(12(3)4)10-18-16-15(19-13(5)6)8-7-9-17-16/h7-9,11-14H,10H2,1-6H3,(H,17,18). The number of hydrogen-bond acceptors (Lipinski definition) is 3. The van der Waals surface area contributed by atoms with E-state index < -0.39 is 0 Å². The van der Waals surface area contributed by atoms with Gasteiger partial charge < -0.3 is 10.1 Å². The van der Waals surface area contributed by atoms with Crippen molar-refractivity contribution in [3.8, 4) is 5.75 Å². The molecule has 0 unspecified atom stereocenters. The van der Waals surface area contributed by atoms with Crippen molar-refractivity contribution in [2.75, 3.05) is 11.9 Å². The molecule has 0 aromatic carbocycles. The number of aromatic nitrogens is 1. The van der Waals surface area contributed by atoms with Crippen LogP contribution in [0.1, 0.15) is 41.5 Å². The van der Waals surface area contributed by atoms with Gasteiger partial charge in [-0.1, -0.05) is 27.7 Å². The highest BCUT2D eigenvalue weighted by Crippen LogP contribution is 2.25. The lowest BCUT2D eigenvalue weighted by Crippen LogP contribution is -2.25. The first-order valence-corrected chi connectivity index (χ1v) is 7.27. The Hall–Kier alpha value is -1.25. The molecule has 0 fully saturated rings. The fourth-order valence-corrected chi connectivity index (χ4v) is 2.33. The van der Waals surface area contributed by atoms with E-state index >= 15 is 0 Å². The molecule has 0 aliphatic carbocycles. The normalized spacial score (nSPS) is 11.7. The van der Waals surface area contributed by atoms with Gasteiger partial charge in [0.15, 0.2) is 11.6 Å². The van der Waals surface area contributed by atoms with Crippen LogP contribution in [0.15, 0.2) is 18.3 Å². The van der Waals surface area contributed by atoms with Crippen LogP contribution in [0.5, 0.6) is 5.75 Å². The Kier molecular flexibility index (Phi) is 6.13. The average Bonchev–Trinajstić information content (AvgIpc) is 2.29. The van der Waals surface area contributed by atoms with Crippen molar-refractivity contribution in [2.24, 2.45) is 17.8 Å². The number of hydrogen-bond donors (Lipinski definition) is 1. The highest BCUT2D eigenvalue weighted by Gasteiger charge is 2.18. The molecule has 0 saturated carbocycles. The molecule has 0 bridgehead atoms. The van der Waals surface area contributed by atoms with E-state index in [1.807, 2.05) is 26.0 Å². The molecule has 0 saturated heterocycles. The predicted octanol–water partition coefficient (Wildman–Crippen LogP) is 4.21. The van der Waals surface area contributed by atoms with Crippen LogP contribution in [0.4, 0.5) is 5.82 Å². The summed E-state index contributed by atoms with van der Waals surface area (Å²) in [5.74, 6) is 3.64. The second-order valence-corrected chi connectivity index (χ2v) is 6.05. The topological polar surface area (TPSA) is 34.1 Å². The Labute approximate surface area is 117 Å². The van der Waals surface area contributed by atoms with Gasteiger partial charge in [-0.15, -0.1) is 0 Å². The van der Waals surface area contributed by atoms with Gasteiger partial charge in [-0.25, -0.2) is 4.98 Å². The van der Waals surface area contributed by atoms with Crippen molar-refractivity contribution in [2.45, 2.75) is 47.6 Å². The number of pyridine rings is 1. The predicted molar refractivity (Wildman–Crippen MR) is 81.7 cm³/mol. The van der Waals surface area contributed by atoms with Gasteiger partial charge in [-0.3, -0.25) is 0 Å². The van der Waals surface area contributed by atoms with Crippen LogP contribution in [0.3, 0.4) is 0 Å². The molecule has 0 aliphatic heterocycles. The summed E-state index contributed by atoms with van der Waals surface area (Å²) in [6.45, 7) is 14.1. The van der Waals surface area contributed by atoms with Crippen LogP contribution < -0.4 is 10.1 Å². The van der Waals surface area contributed by atoms with Crippen LogP contribution in [-0.2, 0) is 0 Å². The summed E-state index contributed by atoms with van der Waals surface area (Å²) < 4.78 is 5.77. The first-order chi connectivity index (χ1) is 8.91. The number of ether oxygens (including phenoxy) is 1. The number of nitrogens with one attached hydrogen (secondary N) is 1. The van der Waals surface area contributed by atoms with E-state index in [0.29, 0.717) is 17.8 Å². The zero-order valence-electron chi connectivity index (χ0n) is 13.1. The van der Waals surface area contributed by atoms with Crippen LogP contribution in [0.25, 0.3) is 0 Å². The molecule has 1 N–H and O–H groups in total. The van der Waals surface area contributed by atoms with Gasteiger partial charge in [0.25, 0.3) is 0 Å². The van der Waals surface area contributed by atoms with E-state index in [0.717, 1.165) is 18.1 Å². The highest BCUT2D eigenvalue weighted by molar-refractivity contribution is 5.49. The van der Waals surface area contributed by atoms with Gasteiger partial charge in [-0.2, -0.15) is 0 Å². The van der Waals surface area contributed by atoms with E-state index in [-0.39, 0.29) is 6.10 Å². The fourth-order valence-electron chi connectivity index (χ4n) is 2.33. The van der Waals surface area contributed by atoms with Gasteiger partial charge in [0.05, 0.1) is 6.10 Å². The molecule has 0 radical (unpaired) electrons. The highest BCUT2D eigenvalue weighted by atomic mass is 16.5. The minimum Gasteiger partial charge on any atom is -0.487 e. The SMILES string of the molecule is CC(C)Oc1cccnc1NCC(C(C)C)C(C)C. The molecule has 19 heavy (non-hydrogen) atoms. The lowest BCUT2D eigenvalue weighted by atomic mass is 9.85. The minimum atomic E-state index is 0.163. The van der Waals surface area contributed by atoms with Crippen molar-refractivity contribution in [3.05, 3.63) is 18.3 Å². The Morgan fingerprint density at radius 2 is 1.74 bits per heavy atom. The molecule has 1 aromatic rings. The first-order valence-electron chi connectivity index (χ1n) is 7.27. The van der Waals surface area contributed by atoms with Crippen LogP contribution in [0, 0.1) is 17.8 Å². The Bertz CT molecular complexity index is 367.